The molecule has 3 unspecified atom stereocenters. The Kier molecular flexibility index (Phi) is 4.75. The summed E-state index contributed by atoms with van der Waals surface area (Å²) in [6.45, 7) is 6.30. The zero-order valence-electron chi connectivity index (χ0n) is 16.8. The van der Waals surface area contributed by atoms with E-state index in [4.69, 9.17) is 4.42 Å². The molecule has 0 spiro atoms. The maximum absolute atomic E-state index is 13.0. The molecule has 5 heterocycles. The van der Waals surface area contributed by atoms with Gasteiger partial charge in [0.1, 0.15) is 12.0 Å². The number of pyridine rings is 1. The van der Waals surface area contributed by atoms with Crippen LogP contribution in [-0.4, -0.2) is 90.4 Å². The van der Waals surface area contributed by atoms with Crippen molar-refractivity contribution in [1.29, 1.82) is 0 Å². The molecule has 154 valence electrons. The third kappa shape index (κ3) is 3.62. The summed E-state index contributed by atoms with van der Waals surface area (Å²) in [7, 11) is 2.06. The minimum Gasteiger partial charge on any atom is -0.462 e. The Balaban J connectivity index is 1.33. The van der Waals surface area contributed by atoms with Crippen LogP contribution in [0.15, 0.2) is 22.9 Å². The Morgan fingerprint density at radius 3 is 2.79 bits per heavy atom. The molecule has 3 fully saturated rings. The predicted octanol–water partition coefficient (Wildman–Crippen LogP) is 1.04. The lowest BCUT2D eigenvalue weighted by atomic mass is 9.97. The molecule has 3 aliphatic rings. The van der Waals surface area contributed by atoms with E-state index >= 15 is 0 Å². The largest absolute Gasteiger partial charge is 0.462 e. The molecule has 2 bridgehead atoms. The Morgan fingerprint density at radius 2 is 2.00 bits per heavy atom. The van der Waals surface area contributed by atoms with E-state index in [2.05, 4.69) is 27.1 Å². The molecule has 8 heteroatoms. The summed E-state index contributed by atoms with van der Waals surface area (Å²) < 4.78 is 5.54. The van der Waals surface area contributed by atoms with Crippen molar-refractivity contribution in [2.45, 2.75) is 18.9 Å². The molecule has 1 N–H and O–H groups in total. The summed E-state index contributed by atoms with van der Waals surface area (Å²) in [5, 5.41) is 3.79. The summed E-state index contributed by atoms with van der Waals surface area (Å²) >= 11 is 0. The van der Waals surface area contributed by atoms with Crippen molar-refractivity contribution in [3.05, 3.63) is 29.8 Å². The van der Waals surface area contributed by atoms with Crippen LogP contribution in [0.25, 0.3) is 11.0 Å². The third-order valence-corrected chi connectivity index (χ3v) is 6.52. The molecule has 3 saturated heterocycles. The van der Waals surface area contributed by atoms with Crippen molar-refractivity contribution in [1.82, 2.24) is 25.0 Å². The van der Waals surface area contributed by atoms with Crippen LogP contribution in [0, 0.1) is 5.92 Å². The molecule has 2 amide bonds. The topological polar surface area (TPSA) is 81.9 Å². The Morgan fingerprint density at radius 1 is 1.17 bits per heavy atom. The van der Waals surface area contributed by atoms with Gasteiger partial charge in [-0.3, -0.25) is 9.59 Å². The van der Waals surface area contributed by atoms with Crippen molar-refractivity contribution >= 4 is 22.8 Å². The molecule has 2 aromatic rings. The van der Waals surface area contributed by atoms with E-state index in [1.165, 1.54) is 12.7 Å². The summed E-state index contributed by atoms with van der Waals surface area (Å²) in [6, 6.07) is 1.85. The van der Waals surface area contributed by atoms with Gasteiger partial charge in [-0.15, -0.1) is 0 Å². The molecule has 8 nitrogen and oxygen atoms in total. The van der Waals surface area contributed by atoms with Gasteiger partial charge in [0.25, 0.3) is 11.8 Å². The monoisotopic (exact) mass is 397 g/mol. The Labute approximate surface area is 169 Å². The number of amides is 2. The molecule has 0 aliphatic carbocycles. The highest BCUT2D eigenvalue weighted by atomic mass is 16.3. The van der Waals surface area contributed by atoms with Crippen molar-refractivity contribution in [2.24, 2.45) is 5.92 Å². The van der Waals surface area contributed by atoms with Gasteiger partial charge in [0.2, 0.25) is 0 Å². The molecule has 5 rings (SSSR count). The zero-order chi connectivity index (χ0) is 20.0. The zero-order valence-corrected chi connectivity index (χ0v) is 16.8. The van der Waals surface area contributed by atoms with E-state index in [0.29, 0.717) is 41.2 Å². The lowest BCUT2D eigenvalue weighted by Gasteiger charge is -2.32. The van der Waals surface area contributed by atoms with Crippen LogP contribution in [0.4, 0.5) is 0 Å². The lowest BCUT2D eigenvalue weighted by Crippen LogP contribution is -2.47. The number of rotatable bonds is 3. The van der Waals surface area contributed by atoms with Crippen LogP contribution in [0.2, 0.25) is 0 Å². The molecule has 3 atom stereocenters. The fourth-order valence-corrected chi connectivity index (χ4v) is 4.83. The number of carbonyl (C=O) groups is 2. The number of furan rings is 1. The second-order valence-corrected chi connectivity index (χ2v) is 8.63. The SMILES string of the molecule is CN1CCN(C(=O)c2coc3cnc(C(=O)NC4CC5CCN(C5)C4)cc23)CC1. The third-order valence-electron chi connectivity index (χ3n) is 6.52. The molecule has 0 saturated carbocycles. The average molecular weight is 397 g/mol. The molecule has 0 radical (unpaired) electrons. The number of nitrogens with zero attached hydrogens (tertiary/aromatic N) is 4. The number of aromatic nitrogens is 1. The van der Waals surface area contributed by atoms with Crippen LogP contribution in [0.3, 0.4) is 0 Å². The number of likely N-dealkylation sites (N-methyl/N-ethyl adjacent to an activating group) is 1. The summed E-state index contributed by atoms with van der Waals surface area (Å²) in [5.41, 5.74) is 1.36. The minimum absolute atomic E-state index is 0.0499. The van der Waals surface area contributed by atoms with Crippen LogP contribution < -0.4 is 5.32 Å². The van der Waals surface area contributed by atoms with Gasteiger partial charge in [-0.05, 0) is 38.4 Å². The Hall–Kier alpha value is -2.45. The first kappa shape index (κ1) is 18.6. The van der Waals surface area contributed by atoms with E-state index in [1.807, 2.05) is 4.90 Å². The van der Waals surface area contributed by atoms with Crippen LogP contribution in [0.5, 0.6) is 0 Å². The number of nitrogens with one attached hydrogen (secondary N) is 1. The first-order chi connectivity index (χ1) is 14.1. The number of piperidine rings is 1. The van der Waals surface area contributed by atoms with E-state index in [9.17, 15) is 9.59 Å². The van der Waals surface area contributed by atoms with E-state index in [-0.39, 0.29) is 17.9 Å². The van der Waals surface area contributed by atoms with Crippen molar-refractivity contribution < 1.29 is 14.0 Å². The summed E-state index contributed by atoms with van der Waals surface area (Å²) in [6.07, 6.45) is 5.28. The van der Waals surface area contributed by atoms with E-state index in [0.717, 1.165) is 39.1 Å². The van der Waals surface area contributed by atoms with Crippen LogP contribution in [-0.2, 0) is 0 Å². The highest BCUT2D eigenvalue weighted by Gasteiger charge is 2.33. The van der Waals surface area contributed by atoms with Crippen molar-refractivity contribution in [2.75, 3.05) is 52.9 Å². The van der Waals surface area contributed by atoms with Crippen LogP contribution >= 0.6 is 0 Å². The van der Waals surface area contributed by atoms with Gasteiger partial charge < -0.3 is 24.4 Å². The number of fused-ring (bicyclic) bond motifs is 3. The second kappa shape index (κ2) is 7.42. The lowest BCUT2D eigenvalue weighted by molar-refractivity contribution is 0.0664. The fraction of sp³-hybridized carbons (Fsp3) is 0.571. The number of piperazine rings is 1. The predicted molar refractivity (Wildman–Crippen MR) is 108 cm³/mol. The van der Waals surface area contributed by atoms with Gasteiger partial charge >= 0.3 is 0 Å². The van der Waals surface area contributed by atoms with Crippen molar-refractivity contribution in [3.8, 4) is 0 Å². The highest BCUT2D eigenvalue weighted by molar-refractivity contribution is 6.07. The van der Waals surface area contributed by atoms with Gasteiger partial charge in [0.15, 0.2) is 5.58 Å². The Bertz CT molecular complexity index is 922. The quantitative estimate of drug-likeness (QED) is 0.834. The number of hydrogen-bond donors (Lipinski definition) is 1. The normalized spacial score (nSPS) is 27.3. The van der Waals surface area contributed by atoms with Gasteiger partial charge in [-0.1, -0.05) is 0 Å². The fourth-order valence-electron chi connectivity index (χ4n) is 4.83. The maximum Gasteiger partial charge on any atom is 0.270 e. The minimum atomic E-state index is -0.182. The van der Waals surface area contributed by atoms with E-state index in [1.54, 1.807) is 12.3 Å². The van der Waals surface area contributed by atoms with E-state index < -0.39 is 0 Å². The van der Waals surface area contributed by atoms with Gasteiger partial charge in [0, 0.05) is 50.7 Å². The first-order valence-corrected chi connectivity index (χ1v) is 10.4. The smallest absolute Gasteiger partial charge is 0.270 e. The average Bonchev–Trinajstić information content (AvgIpc) is 3.30. The molecular formula is C21H27N5O3. The number of carbonyl (C=O) groups excluding carboxylic acids is 2. The van der Waals surface area contributed by atoms with Gasteiger partial charge in [0.05, 0.1) is 11.8 Å². The standard InChI is InChI=1S/C21H27N5O3/c1-24-4-6-26(7-5-24)21(28)17-13-29-19-10-22-18(9-16(17)19)20(27)23-15-8-14-2-3-25(11-14)12-15/h9-10,13-15H,2-8,11-12H2,1H3,(H,23,27). The molecule has 2 aromatic heterocycles. The molecule has 0 aromatic carbocycles. The van der Waals surface area contributed by atoms with Crippen LogP contribution in [0.1, 0.15) is 33.7 Å². The summed E-state index contributed by atoms with van der Waals surface area (Å²) in [5.74, 6) is 0.454. The van der Waals surface area contributed by atoms with Crippen molar-refractivity contribution in [3.63, 3.8) is 0 Å². The van der Waals surface area contributed by atoms with Gasteiger partial charge in [-0.2, -0.15) is 0 Å². The second-order valence-electron chi connectivity index (χ2n) is 8.63. The maximum atomic E-state index is 13.0. The number of hydrogen-bond acceptors (Lipinski definition) is 6. The first-order valence-electron chi connectivity index (χ1n) is 10.4. The summed E-state index contributed by atoms with van der Waals surface area (Å²) in [4.78, 5) is 36.5. The molecule has 3 aliphatic heterocycles. The highest BCUT2D eigenvalue weighted by Crippen LogP contribution is 2.27. The van der Waals surface area contributed by atoms with Gasteiger partial charge in [-0.25, -0.2) is 4.98 Å². The molecular weight excluding hydrogens is 370 g/mol. The molecule has 29 heavy (non-hydrogen) atoms.